The van der Waals surface area contributed by atoms with Crippen LogP contribution in [-0.4, -0.2) is 27.2 Å². The molecule has 5 nitrogen and oxygen atoms in total. The van der Waals surface area contributed by atoms with Crippen LogP contribution in [0, 0.1) is 12.7 Å². The molecule has 0 aliphatic carbocycles. The van der Waals surface area contributed by atoms with E-state index in [1.54, 1.807) is 31.2 Å². The van der Waals surface area contributed by atoms with Gasteiger partial charge >= 0.3 is 16.1 Å². The number of hydrogen-bond acceptors (Lipinski definition) is 5. The normalized spacial score (nSPS) is 12.4. The molecular formula is C18H19FO5S. The monoisotopic (exact) mass is 366 g/mol. The summed E-state index contributed by atoms with van der Waals surface area (Å²) in [6.45, 7) is 1.72. The van der Waals surface area contributed by atoms with Gasteiger partial charge in [-0.2, -0.15) is 8.42 Å². The van der Waals surface area contributed by atoms with Crippen LogP contribution in [0.25, 0.3) is 0 Å². The minimum absolute atomic E-state index is 0.104. The smallest absolute Gasteiger partial charge is 0.313 e. The second kappa shape index (κ2) is 8.11. The Labute approximate surface area is 146 Å². The number of aryl methyl sites for hydroxylation is 1. The molecular weight excluding hydrogens is 347 g/mol. The summed E-state index contributed by atoms with van der Waals surface area (Å²) in [6.07, 6.45) is -0.151. The topological polar surface area (TPSA) is 69.7 Å². The maximum absolute atomic E-state index is 14.2. The van der Waals surface area contributed by atoms with Gasteiger partial charge in [-0.1, -0.05) is 30.3 Å². The molecule has 0 N–H and O–H groups in total. The first-order chi connectivity index (χ1) is 11.8. The lowest BCUT2D eigenvalue weighted by molar-refractivity contribution is -0.142. The molecule has 2 rings (SSSR count). The van der Waals surface area contributed by atoms with Crippen LogP contribution in [0.15, 0.2) is 48.5 Å². The zero-order valence-electron chi connectivity index (χ0n) is 13.9. The zero-order valence-corrected chi connectivity index (χ0v) is 14.8. The van der Waals surface area contributed by atoms with Crippen molar-refractivity contribution in [2.24, 2.45) is 0 Å². The highest BCUT2D eigenvalue weighted by atomic mass is 32.2. The highest BCUT2D eigenvalue weighted by Crippen LogP contribution is 2.26. The van der Waals surface area contributed by atoms with Gasteiger partial charge in [0.15, 0.2) is 0 Å². The number of ether oxygens (including phenoxy) is 1. The number of esters is 1. The molecule has 1 atom stereocenters. The minimum atomic E-state index is -3.93. The Hall–Kier alpha value is -2.41. The summed E-state index contributed by atoms with van der Waals surface area (Å²) in [5, 5.41) is 0. The third kappa shape index (κ3) is 5.29. The molecule has 2 aromatic rings. The van der Waals surface area contributed by atoms with Gasteiger partial charge in [0.1, 0.15) is 11.6 Å². The van der Waals surface area contributed by atoms with E-state index >= 15 is 0 Å². The van der Waals surface area contributed by atoms with E-state index < -0.39 is 33.6 Å². The van der Waals surface area contributed by atoms with Crippen LogP contribution in [0.5, 0.6) is 5.75 Å². The minimum Gasteiger partial charge on any atom is -0.469 e. The molecule has 7 heteroatoms. The number of hydrogen-bond donors (Lipinski definition) is 0. The van der Waals surface area contributed by atoms with Crippen LogP contribution < -0.4 is 4.18 Å². The SMILES string of the molecule is COC(=O)C(CCS(=O)(=O)Oc1ccccc1)c1ccc(C)cc1F. The molecule has 0 saturated carbocycles. The summed E-state index contributed by atoms with van der Waals surface area (Å²) in [4.78, 5) is 12.0. The van der Waals surface area contributed by atoms with E-state index in [-0.39, 0.29) is 17.7 Å². The van der Waals surface area contributed by atoms with Gasteiger partial charge in [-0.05, 0) is 37.1 Å². The molecule has 0 spiro atoms. The number of para-hydroxylation sites is 1. The molecule has 0 aliphatic heterocycles. The van der Waals surface area contributed by atoms with Crippen LogP contribution in [-0.2, 0) is 19.6 Å². The van der Waals surface area contributed by atoms with E-state index in [0.29, 0.717) is 5.56 Å². The third-order valence-corrected chi connectivity index (χ3v) is 4.82. The molecule has 0 saturated heterocycles. The van der Waals surface area contributed by atoms with Gasteiger partial charge in [0.2, 0.25) is 0 Å². The predicted octanol–water partition coefficient (Wildman–Crippen LogP) is 3.19. The van der Waals surface area contributed by atoms with Gasteiger partial charge in [-0.3, -0.25) is 4.79 Å². The van der Waals surface area contributed by atoms with Crippen LogP contribution >= 0.6 is 0 Å². The summed E-state index contributed by atoms with van der Waals surface area (Å²) < 4.78 is 48.1. The van der Waals surface area contributed by atoms with Crippen LogP contribution in [0.3, 0.4) is 0 Å². The van der Waals surface area contributed by atoms with Crippen molar-refractivity contribution in [1.82, 2.24) is 0 Å². The quantitative estimate of drug-likeness (QED) is 0.556. The lowest BCUT2D eigenvalue weighted by Gasteiger charge is -2.16. The molecule has 2 aromatic carbocycles. The second-order valence-corrected chi connectivity index (χ2v) is 7.24. The van der Waals surface area contributed by atoms with Crippen molar-refractivity contribution in [3.05, 3.63) is 65.5 Å². The summed E-state index contributed by atoms with van der Waals surface area (Å²) in [5.41, 5.74) is 0.803. The van der Waals surface area contributed by atoms with Crippen molar-refractivity contribution < 1.29 is 26.5 Å². The van der Waals surface area contributed by atoms with Gasteiger partial charge in [0.25, 0.3) is 0 Å². The third-order valence-electron chi connectivity index (χ3n) is 3.64. The molecule has 0 aromatic heterocycles. The molecule has 134 valence electrons. The van der Waals surface area contributed by atoms with Gasteiger partial charge in [0.05, 0.1) is 18.8 Å². The summed E-state index contributed by atoms with van der Waals surface area (Å²) >= 11 is 0. The van der Waals surface area contributed by atoms with E-state index in [9.17, 15) is 17.6 Å². The maximum Gasteiger partial charge on any atom is 0.313 e. The highest BCUT2D eigenvalue weighted by molar-refractivity contribution is 7.87. The largest absolute Gasteiger partial charge is 0.469 e. The van der Waals surface area contributed by atoms with Crippen molar-refractivity contribution in [3.8, 4) is 5.75 Å². The van der Waals surface area contributed by atoms with Crippen molar-refractivity contribution in [2.75, 3.05) is 12.9 Å². The van der Waals surface area contributed by atoms with E-state index in [1.165, 1.54) is 31.4 Å². The van der Waals surface area contributed by atoms with Crippen molar-refractivity contribution in [3.63, 3.8) is 0 Å². The first-order valence-corrected chi connectivity index (χ1v) is 9.21. The Morgan fingerprint density at radius 1 is 1.16 bits per heavy atom. The number of benzene rings is 2. The fourth-order valence-electron chi connectivity index (χ4n) is 2.38. The predicted molar refractivity (Wildman–Crippen MR) is 91.4 cm³/mol. The molecule has 25 heavy (non-hydrogen) atoms. The number of carbonyl (C=O) groups excluding carboxylic acids is 1. The van der Waals surface area contributed by atoms with Gasteiger partial charge in [0, 0.05) is 5.56 Å². The first-order valence-electron chi connectivity index (χ1n) is 7.63. The molecule has 0 radical (unpaired) electrons. The maximum atomic E-state index is 14.2. The Morgan fingerprint density at radius 2 is 1.84 bits per heavy atom. The van der Waals surface area contributed by atoms with Crippen molar-refractivity contribution in [1.29, 1.82) is 0 Å². The zero-order chi connectivity index (χ0) is 18.4. The average molecular weight is 366 g/mol. The van der Waals surface area contributed by atoms with E-state index in [2.05, 4.69) is 0 Å². The fraction of sp³-hybridized carbons (Fsp3) is 0.278. The molecule has 0 bridgehead atoms. The molecule has 1 unspecified atom stereocenters. The molecule has 0 heterocycles. The number of methoxy groups -OCH3 is 1. The lowest BCUT2D eigenvalue weighted by atomic mass is 9.95. The van der Waals surface area contributed by atoms with E-state index in [4.69, 9.17) is 8.92 Å². The highest BCUT2D eigenvalue weighted by Gasteiger charge is 2.27. The van der Waals surface area contributed by atoms with Gasteiger partial charge < -0.3 is 8.92 Å². The van der Waals surface area contributed by atoms with Gasteiger partial charge in [-0.25, -0.2) is 4.39 Å². The number of carbonyl (C=O) groups is 1. The van der Waals surface area contributed by atoms with Crippen molar-refractivity contribution in [2.45, 2.75) is 19.3 Å². The summed E-state index contributed by atoms with van der Waals surface area (Å²) in [5.74, 6) is -2.57. The second-order valence-electron chi connectivity index (χ2n) is 5.55. The fourth-order valence-corrected chi connectivity index (χ4v) is 3.40. The van der Waals surface area contributed by atoms with Crippen LogP contribution in [0.4, 0.5) is 4.39 Å². The number of rotatable bonds is 7. The Kier molecular flexibility index (Phi) is 6.14. The average Bonchev–Trinajstić information content (AvgIpc) is 2.56. The van der Waals surface area contributed by atoms with Gasteiger partial charge in [-0.15, -0.1) is 0 Å². The molecule has 0 amide bonds. The van der Waals surface area contributed by atoms with E-state index in [1.807, 2.05) is 0 Å². The van der Waals surface area contributed by atoms with Crippen LogP contribution in [0.1, 0.15) is 23.5 Å². The Morgan fingerprint density at radius 3 is 2.44 bits per heavy atom. The lowest BCUT2D eigenvalue weighted by Crippen LogP contribution is -2.22. The first kappa shape index (κ1) is 18.9. The van der Waals surface area contributed by atoms with Crippen LogP contribution in [0.2, 0.25) is 0 Å². The van der Waals surface area contributed by atoms with E-state index in [0.717, 1.165) is 0 Å². The Bertz CT molecular complexity index is 834. The summed E-state index contributed by atoms with van der Waals surface area (Å²) in [6, 6.07) is 12.4. The standard InChI is InChI=1S/C18H19FO5S/c1-13-8-9-15(17(19)12-13)16(18(20)23-2)10-11-25(21,22)24-14-6-4-3-5-7-14/h3-9,12,16H,10-11H2,1-2H3. The van der Waals surface area contributed by atoms with Crippen molar-refractivity contribution >= 4 is 16.1 Å². The summed E-state index contributed by atoms with van der Waals surface area (Å²) in [7, 11) is -2.75. The Balaban J connectivity index is 2.16. The number of halogens is 1. The molecule has 0 fully saturated rings. The molecule has 0 aliphatic rings.